The molecule has 1 N–H and O–H groups in total. The zero-order valence-electron chi connectivity index (χ0n) is 18.0. The number of amides is 1. The Hall–Kier alpha value is -2.36. The Balaban J connectivity index is 1.85. The van der Waals surface area contributed by atoms with Gasteiger partial charge < -0.3 is 0 Å². The summed E-state index contributed by atoms with van der Waals surface area (Å²) in [6.07, 6.45) is 6.22. The summed E-state index contributed by atoms with van der Waals surface area (Å²) in [7, 11) is -5.18. The lowest BCUT2D eigenvalue weighted by atomic mass is 10.3. The van der Waals surface area contributed by atoms with Gasteiger partial charge in [-0.2, -0.15) is 15.1 Å². The van der Waals surface area contributed by atoms with Crippen molar-refractivity contribution in [3.05, 3.63) is 65.4 Å². The van der Waals surface area contributed by atoms with Gasteiger partial charge in [-0.1, -0.05) is 50.6 Å². The maximum absolute atomic E-state index is 12.5. The van der Waals surface area contributed by atoms with Crippen LogP contribution in [0, 0.1) is 0 Å². The minimum absolute atomic E-state index is 0.0166. The molecule has 10 heteroatoms. The number of sulfonamides is 1. The van der Waals surface area contributed by atoms with Crippen molar-refractivity contribution in [3.8, 4) is 5.82 Å². The molecule has 0 bridgehead atoms. The van der Waals surface area contributed by atoms with Crippen LogP contribution in [-0.2, 0) is 10.0 Å². The SMILES string of the molecule is CC(C)(C)S(C)(C)c1ccn(-c2ccc(C(=O)NS(=O)(=O)c3ccccc3)c(Cl)n2)n1. The average Bonchev–Trinajstić information content (AvgIpc) is 3.18. The zero-order chi connectivity index (χ0) is 23.0. The molecule has 0 spiro atoms. The highest BCUT2D eigenvalue weighted by atomic mass is 35.5. The van der Waals surface area contributed by atoms with Crippen LogP contribution in [0.4, 0.5) is 0 Å². The van der Waals surface area contributed by atoms with Crippen LogP contribution in [0.1, 0.15) is 31.1 Å². The molecular weight excluding hydrogens is 456 g/mol. The van der Waals surface area contributed by atoms with Crippen molar-refractivity contribution in [2.24, 2.45) is 0 Å². The quantitative estimate of drug-likeness (QED) is 0.550. The molecule has 1 aromatic carbocycles. The molecular formula is C21H25ClN4O3S2. The summed E-state index contributed by atoms with van der Waals surface area (Å²) >= 11 is 6.22. The number of rotatable bonds is 5. The molecule has 0 saturated heterocycles. The second-order valence-electron chi connectivity index (χ2n) is 8.29. The monoisotopic (exact) mass is 480 g/mol. The molecule has 2 heterocycles. The Morgan fingerprint density at radius 2 is 1.68 bits per heavy atom. The minimum Gasteiger partial charge on any atom is -0.268 e. The Bertz CT molecular complexity index is 1220. The van der Waals surface area contributed by atoms with Gasteiger partial charge in [0.05, 0.1) is 10.5 Å². The van der Waals surface area contributed by atoms with Crippen LogP contribution in [-0.4, -0.2) is 46.3 Å². The lowest BCUT2D eigenvalue weighted by molar-refractivity contribution is 0.0981. The summed E-state index contributed by atoms with van der Waals surface area (Å²) in [6.45, 7) is 6.56. The van der Waals surface area contributed by atoms with E-state index in [1.807, 2.05) is 10.8 Å². The summed E-state index contributed by atoms with van der Waals surface area (Å²) in [4.78, 5) is 16.7. The van der Waals surface area contributed by atoms with E-state index in [-0.39, 0.29) is 20.4 Å². The van der Waals surface area contributed by atoms with Crippen molar-refractivity contribution in [1.29, 1.82) is 0 Å². The number of halogens is 1. The Kier molecular flexibility index (Phi) is 6.23. The first-order valence-electron chi connectivity index (χ1n) is 9.41. The van der Waals surface area contributed by atoms with Crippen LogP contribution >= 0.6 is 21.6 Å². The lowest BCUT2D eigenvalue weighted by Crippen LogP contribution is -2.31. The summed E-state index contributed by atoms with van der Waals surface area (Å²) in [5.41, 5.74) is -0.0436. The number of nitrogens with one attached hydrogen (secondary N) is 1. The van der Waals surface area contributed by atoms with Crippen LogP contribution in [0.3, 0.4) is 0 Å². The van der Waals surface area contributed by atoms with Gasteiger partial charge in [-0.15, -0.1) is 0 Å². The number of carbonyl (C=O) groups is 1. The summed E-state index contributed by atoms with van der Waals surface area (Å²) in [5.74, 6) is -0.421. The average molecular weight is 481 g/mol. The number of benzene rings is 1. The summed E-state index contributed by atoms with van der Waals surface area (Å²) < 4.78 is 28.5. The second-order valence-corrected chi connectivity index (χ2v) is 14.6. The van der Waals surface area contributed by atoms with Crippen molar-refractivity contribution < 1.29 is 13.2 Å². The van der Waals surface area contributed by atoms with Gasteiger partial charge in [0.1, 0.15) is 10.2 Å². The van der Waals surface area contributed by atoms with E-state index in [0.29, 0.717) is 5.82 Å². The van der Waals surface area contributed by atoms with E-state index >= 15 is 0 Å². The van der Waals surface area contributed by atoms with Gasteiger partial charge in [0.25, 0.3) is 15.9 Å². The van der Waals surface area contributed by atoms with Crippen LogP contribution in [0.5, 0.6) is 0 Å². The van der Waals surface area contributed by atoms with E-state index in [1.54, 1.807) is 35.1 Å². The lowest BCUT2D eigenvalue weighted by Gasteiger charge is -2.42. The van der Waals surface area contributed by atoms with Crippen LogP contribution in [0.25, 0.3) is 5.82 Å². The number of hydrogen-bond donors (Lipinski definition) is 1. The van der Waals surface area contributed by atoms with Crippen molar-refractivity contribution >= 4 is 37.6 Å². The fourth-order valence-corrected chi connectivity index (χ4v) is 5.12. The van der Waals surface area contributed by atoms with E-state index in [0.717, 1.165) is 5.03 Å². The van der Waals surface area contributed by atoms with Crippen molar-refractivity contribution in [2.45, 2.75) is 35.4 Å². The largest absolute Gasteiger partial charge is 0.268 e. The van der Waals surface area contributed by atoms with Crippen LogP contribution in [0.2, 0.25) is 5.15 Å². The molecule has 2 aromatic heterocycles. The first kappa shape index (κ1) is 23.3. The fraction of sp³-hybridized carbons (Fsp3) is 0.286. The van der Waals surface area contributed by atoms with Gasteiger partial charge in [-0.05, 0) is 47.6 Å². The number of nitrogens with zero attached hydrogens (tertiary/aromatic N) is 3. The number of aromatic nitrogens is 3. The van der Waals surface area contributed by atoms with Gasteiger partial charge in [0, 0.05) is 6.20 Å². The van der Waals surface area contributed by atoms with E-state index in [1.165, 1.54) is 18.2 Å². The molecule has 7 nitrogen and oxygen atoms in total. The predicted molar refractivity (Wildman–Crippen MR) is 125 cm³/mol. The summed E-state index contributed by atoms with van der Waals surface area (Å²) in [5, 5.41) is 5.54. The van der Waals surface area contributed by atoms with E-state index < -0.39 is 26.0 Å². The Morgan fingerprint density at radius 1 is 1.03 bits per heavy atom. The predicted octanol–water partition coefficient (Wildman–Crippen LogP) is 4.26. The van der Waals surface area contributed by atoms with Crippen molar-refractivity contribution in [3.63, 3.8) is 0 Å². The van der Waals surface area contributed by atoms with Crippen molar-refractivity contribution in [2.75, 3.05) is 12.5 Å². The summed E-state index contributed by atoms with van der Waals surface area (Å²) in [6, 6.07) is 12.6. The fourth-order valence-electron chi connectivity index (χ4n) is 2.58. The van der Waals surface area contributed by atoms with Crippen LogP contribution in [0.15, 0.2) is 64.6 Å². The zero-order valence-corrected chi connectivity index (χ0v) is 20.3. The molecule has 166 valence electrons. The Labute approximate surface area is 189 Å². The van der Waals surface area contributed by atoms with E-state index in [2.05, 4.69) is 43.4 Å². The third-order valence-corrected chi connectivity index (χ3v) is 11.2. The molecule has 0 aliphatic heterocycles. The molecule has 3 aromatic rings. The van der Waals surface area contributed by atoms with Crippen molar-refractivity contribution in [1.82, 2.24) is 19.5 Å². The first-order chi connectivity index (χ1) is 14.3. The topological polar surface area (TPSA) is 94.0 Å². The number of pyridine rings is 1. The molecule has 0 unspecified atom stereocenters. The van der Waals surface area contributed by atoms with Gasteiger partial charge in [0.15, 0.2) is 5.82 Å². The van der Waals surface area contributed by atoms with E-state index in [9.17, 15) is 13.2 Å². The maximum Gasteiger partial charge on any atom is 0.268 e. The minimum atomic E-state index is -4.01. The van der Waals surface area contributed by atoms with Gasteiger partial charge >= 0.3 is 0 Å². The highest BCUT2D eigenvalue weighted by Gasteiger charge is 2.31. The van der Waals surface area contributed by atoms with Gasteiger partial charge in [-0.3, -0.25) is 4.79 Å². The standard InChI is InChI=1S/C21H25ClN4O3S2/c1-21(2,3)30(4,5)18-13-14-26(24-18)17-12-11-16(19(22)23-17)20(27)25-31(28,29)15-9-7-6-8-10-15/h6-14H,1-5H3,(H,25,27). The molecule has 31 heavy (non-hydrogen) atoms. The molecule has 0 aliphatic carbocycles. The normalized spacial score (nSPS) is 13.1. The first-order valence-corrected chi connectivity index (χ1v) is 13.7. The molecule has 0 saturated carbocycles. The molecule has 0 atom stereocenters. The smallest absolute Gasteiger partial charge is 0.268 e. The molecule has 3 rings (SSSR count). The second kappa shape index (κ2) is 8.29. The van der Waals surface area contributed by atoms with E-state index in [4.69, 9.17) is 11.6 Å². The highest BCUT2D eigenvalue weighted by Crippen LogP contribution is 2.58. The molecule has 0 fully saturated rings. The number of carbonyl (C=O) groups excluding carboxylic acids is 1. The molecule has 1 amide bonds. The Morgan fingerprint density at radius 3 is 2.26 bits per heavy atom. The molecule has 0 aliphatic rings. The molecule has 0 radical (unpaired) electrons. The maximum atomic E-state index is 12.5. The van der Waals surface area contributed by atoms with Crippen LogP contribution < -0.4 is 4.72 Å². The van der Waals surface area contributed by atoms with Gasteiger partial charge in [-0.25, -0.2) is 22.8 Å². The van der Waals surface area contributed by atoms with Gasteiger partial charge in [0.2, 0.25) is 0 Å². The highest BCUT2D eigenvalue weighted by molar-refractivity contribution is 8.33. The third-order valence-electron chi connectivity index (χ3n) is 5.21. The third kappa shape index (κ3) is 4.78. The number of hydrogen-bond acceptors (Lipinski definition) is 5.